The Bertz CT molecular complexity index is 681. The lowest BCUT2D eigenvalue weighted by Crippen LogP contribution is -2.47. The van der Waals surface area contributed by atoms with Crippen LogP contribution in [0.5, 0.6) is 0 Å². The largest absolute Gasteiger partial charge is 0.337 e. The quantitative estimate of drug-likeness (QED) is 0.869. The van der Waals surface area contributed by atoms with Crippen LogP contribution >= 0.6 is 0 Å². The molecule has 1 fully saturated rings. The number of nitrogens with zero attached hydrogens (tertiary/aromatic N) is 3. The van der Waals surface area contributed by atoms with Gasteiger partial charge in [0, 0.05) is 24.3 Å². The minimum absolute atomic E-state index is 0.0317. The van der Waals surface area contributed by atoms with Gasteiger partial charge in [0.15, 0.2) is 5.82 Å². The molecule has 23 heavy (non-hydrogen) atoms. The number of hydrogen-bond donors (Lipinski definition) is 0. The number of carbonyl (C=O) groups is 1. The van der Waals surface area contributed by atoms with Crippen molar-refractivity contribution < 1.29 is 9.32 Å². The first-order valence-corrected chi connectivity index (χ1v) is 8.14. The molecule has 0 saturated carbocycles. The fourth-order valence-corrected chi connectivity index (χ4v) is 3.08. The maximum atomic E-state index is 12.3. The summed E-state index contributed by atoms with van der Waals surface area (Å²) in [5.74, 6) is 1.58. The summed E-state index contributed by atoms with van der Waals surface area (Å²) in [4.78, 5) is 18.5. The van der Waals surface area contributed by atoms with Crippen molar-refractivity contribution in [2.24, 2.45) is 0 Å². The van der Waals surface area contributed by atoms with Crippen molar-refractivity contribution >= 4 is 5.91 Å². The van der Waals surface area contributed by atoms with Gasteiger partial charge in [-0.3, -0.25) is 4.79 Å². The molecule has 0 radical (unpaired) electrons. The Morgan fingerprint density at radius 2 is 2.04 bits per heavy atom. The predicted molar refractivity (Wildman–Crippen MR) is 86.8 cm³/mol. The highest BCUT2D eigenvalue weighted by molar-refractivity contribution is 5.77. The minimum atomic E-state index is -0.0317. The number of benzene rings is 1. The van der Waals surface area contributed by atoms with Gasteiger partial charge in [-0.25, -0.2) is 0 Å². The van der Waals surface area contributed by atoms with Crippen molar-refractivity contribution in [2.75, 3.05) is 6.54 Å². The van der Waals surface area contributed by atoms with Gasteiger partial charge >= 0.3 is 0 Å². The Morgan fingerprint density at radius 3 is 2.70 bits per heavy atom. The van der Waals surface area contributed by atoms with Crippen LogP contribution in [0.25, 0.3) is 0 Å². The zero-order valence-electron chi connectivity index (χ0n) is 14.0. The van der Waals surface area contributed by atoms with Crippen molar-refractivity contribution in [3.05, 3.63) is 47.6 Å². The SMILES string of the molecule is CC(C)c1noc(CN2C[C@@](C)(c3ccccc3)CCC2=O)n1. The Morgan fingerprint density at radius 1 is 1.30 bits per heavy atom. The summed E-state index contributed by atoms with van der Waals surface area (Å²) in [6, 6.07) is 10.4. The topological polar surface area (TPSA) is 59.2 Å². The summed E-state index contributed by atoms with van der Waals surface area (Å²) < 4.78 is 5.30. The highest BCUT2D eigenvalue weighted by atomic mass is 16.5. The zero-order chi connectivity index (χ0) is 16.4. The second kappa shape index (κ2) is 6.14. The summed E-state index contributed by atoms with van der Waals surface area (Å²) in [5.41, 5.74) is 1.24. The average molecular weight is 313 g/mol. The van der Waals surface area contributed by atoms with Gasteiger partial charge in [-0.1, -0.05) is 56.3 Å². The molecule has 5 heteroatoms. The molecule has 122 valence electrons. The van der Waals surface area contributed by atoms with Gasteiger partial charge in [0.05, 0.1) is 0 Å². The molecule has 1 aromatic heterocycles. The van der Waals surface area contributed by atoms with E-state index in [1.165, 1.54) is 5.56 Å². The van der Waals surface area contributed by atoms with E-state index in [-0.39, 0.29) is 17.2 Å². The van der Waals surface area contributed by atoms with E-state index in [0.29, 0.717) is 31.2 Å². The Labute approximate surface area is 136 Å². The van der Waals surface area contributed by atoms with Crippen molar-refractivity contribution in [3.63, 3.8) is 0 Å². The van der Waals surface area contributed by atoms with E-state index in [4.69, 9.17) is 4.52 Å². The minimum Gasteiger partial charge on any atom is -0.337 e. The molecule has 0 N–H and O–H groups in total. The van der Waals surface area contributed by atoms with Crippen LogP contribution in [0.1, 0.15) is 56.8 Å². The molecule has 5 nitrogen and oxygen atoms in total. The second-order valence-corrected chi connectivity index (χ2v) is 6.88. The van der Waals surface area contributed by atoms with Crippen LogP contribution in [0.3, 0.4) is 0 Å². The van der Waals surface area contributed by atoms with E-state index in [1.54, 1.807) is 0 Å². The van der Waals surface area contributed by atoms with Gasteiger partial charge < -0.3 is 9.42 Å². The van der Waals surface area contributed by atoms with Crippen LogP contribution < -0.4 is 0 Å². The third kappa shape index (κ3) is 3.28. The molecular formula is C18H23N3O2. The molecular weight excluding hydrogens is 290 g/mol. The molecule has 3 rings (SSSR count). The fourth-order valence-electron chi connectivity index (χ4n) is 3.08. The molecule has 1 saturated heterocycles. The van der Waals surface area contributed by atoms with Gasteiger partial charge in [-0.2, -0.15) is 4.98 Å². The van der Waals surface area contributed by atoms with Crippen LogP contribution in [0.4, 0.5) is 0 Å². The van der Waals surface area contributed by atoms with Crippen LogP contribution in [0, 0.1) is 0 Å². The van der Waals surface area contributed by atoms with Gasteiger partial charge in [0.2, 0.25) is 11.8 Å². The van der Waals surface area contributed by atoms with Crippen LogP contribution in [-0.4, -0.2) is 27.5 Å². The van der Waals surface area contributed by atoms with E-state index >= 15 is 0 Å². The number of amides is 1. The van der Waals surface area contributed by atoms with Gasteiger partial charge in [0.25, 0.3) is 0 Å². The first kappa shape index (κ1) is 15.7. The van der Waals surface area contributed by atoms with Gasteiger partial charge in [-0.15, -0.1) is 0 Å². The van der Waals surface area contributed by atoms with Crippen LogP contribution in [0.2, 0.25) is 0 Å². The maximum Gasteiger partial charge on any atom is 0.246 e. The van der Waals surface area contributed by atoms with E-state index in [2.05, 4.69) is 29.2 Å². The molecule has 1 aromatic carbocycles. The summed E-state index contributed by atoms with van der Waals surface area (Å²) in [6.07, 6.45) is 1.42. The van der Waals surface area contributed by atoms with E-state index in [9.17, 15) is 4.79 Å². The molecule has 1 aliphatic rings. The molecule has 0 spiro atoms. The molecule has 2 heterocycles. The number of rotatable bonds is 4. The predicted octanol–water partition coefficient (Wildman–Crippen LogP) is 3.27. The molecule has 0 aliphatic carbocycles. The van der Waals surface area contributed by atoms with E-state index < -0.39 is 0 Å². The zero-order valence-corrected chi connectivity index (χ0v) is 14.0. The third-order valence-corrected chi connectivity index (χ3v) is 4.58. The third-order valence-electron chi connectivity index (χ3n) is 4.58. The lowest BCUT2D eigenvalue weighted by molar-refractivity contribution is -0.136. The van der Waals surface area contributed by atoms with Gasteiger partial charge in [0.1, 0.15) is 6.54 Å². The van der Waals surface area contributed by atoms with Crippen molar-refractivity contribution in [1.82, 2.24) is 15.0 Å². The van der Waals surface area contributed by atoms with Crippen LogP contribution in [0.15, 0.2) is 34.9 Å². The standard InChI is InChI=1S/C18H23N3O2/c1-13(2)17-19-15(23-20-17)11-21-12-18(3,10-9-16(21)22)14-7-5-4-6-8-14/h4-8,13H,9-12H2,1-3H3/t18-/m0/s1. The summed E-state index contributed by atoms with van der Waals surface area (Å²) in [7, 11) is 0. The number of piperidine rings is 1. The van der Waals surface area contributed by atoms with Crippen LogP contribution in [-0.2, 0) is 16.8 Å². The lowest BCUT2D eigenvalue weighted by Gasteiger charge is -2.40. The smallest absolute Gasteiger partial charge is 0.246 e. The number of aromatic nitrogens is 2. The Hall–Kier alpha value is -2.17. The first-order valence-electron chi connectivity index (χ1n) is 8.14. The molecule has 1 atom stereocenters. The molecule has 1 aliphatic heterocycles. The second-order valence-electron chi connectivity index (χ2n) is 6.88. The van der Waals surface area contributed by atoms with Crippen molar-refractivity contribution in [2.45, 2.75) is 51.5 Å². The van der Waals surface area contributed by atoms with E-state index in [0.717, 1.165) is 6.42 Å². The molecule has 2 aromatic rings. The monoisotopic (exact) mass is 313 g/mol. The average Bonchev–Trinajstić information content (AvgIpc) is 3.01. The number of hydrogen-bond acceptors (Lipinski definition) is 4. The van der Waals surface area contributed by atoms with Gasteiger partial charge in [-0.05, 0) is 12.0 Å². The van der Waals surface area contributed by atoms with Crippen molar-refractivity contribution in [1.29, 1.82) is 0 Å². The Kier molecular flexibility index (Phi) is 4.20. The van der Waals surface area contributed by atoms with E-state index in [1.807, 2.05) is 36.9 Å². The molecule has 1 amide bonds. The number of likely N-dealkylation sites (tertiary alicyclic amines) is 1. The lowest BCUT2D eigenvalue weighted by atomic mass is 9.76. The van der Waals surface area contributed by atoms with Crippen molar-refractivity contribution in [3.8, 4) is 0 Å². The highest BCUT2D eigenvalue weighted by Crippen LogP contribution is 2.34. The summed E-state index contributed by atoms with van der Waals surface area (Å²) in [5, 5.41) is 3.98. The molecule has 0 unspecified atom stereocenters. The molecule has 0 bridgehead atoms. The first-order chi connectivity index (χ1) is 11.0. The summed E-state index contributed by atoms with van der Waals surface area (Å²) in [6.45, 7) is 7.33. The fraction of sp³-hybridized carbons (Fsp3) is 0.500. The Balaban J connectivity index is 1.77. The normalized spacial score (nSPS) is 21.9. The maximum absolute atomic E-state index is 12.3. The highest BCUT2D eigenvalue weighted by Gasteiger charge is 2.36. The number of carbonyl (C=O) groups excluding carboxylic acids is 1. The summed E-state index contributed by atoms with van der Waals surface area (Å²) >= 11 is 0.